The van der Waals surface area contributed by atoms with E-state index < -0.39 is 10.0 Å². The molecule has 1 heterocycles. The molecule has 0 unspecified atom stereocenters. The monoisotopic (exact) mass is 532 g/mol. The van der Waals surface area contributed by atoms with E-state index in [0.29, 0.717) is 18.0 Å². The maximum atomic E-state index is 12.6. The van der Waals surface area contributed by atoms with Crippen molar-refractivity contribution in [2.75, 3.05) is 22.0 Å². The van der Waals surface area contributed by atoms with Gasteiger partial charge < -0.3 is 4.74 Å². The van der Waals surface area contributed by atoms with Crippen molar-refractivity contribution in [1.82, 2.24) is 0 Å². The van der Waals surface area contributed by atoms with E-state index >= 15 is 0 Å². The zero-order chi connectivity index (χ0) is 22.7. The summed E-state index contributed by atoms with van der Waals surface area (Å²) >= 11 is 4.84. The third kappa shape index (κ3) is 4.95. The van der Waals surface area contributed by atoms with Gasteiger partial charge in [0.15, 0.2) is 0 Å². The predicted octanol–water partition coefficient (Wildman–Crippen LogP) is 5.43. The van der Waals surface area contributed by atoms with Gasteiger partial charge in [0.2, 0.25) is 5.91 Å². The Morgan fingerprint density at radius 3 is 2.31 bits per heavy atom. The van der Waals surface area contributed by atoms with Crippen molar-refractivity contribution in [2.24, 2.45) is 0 Å². The van der Waals surface area contributed by atoms with Crippen LogP contribution in [-0.2, 0) is 14.8 Å². The number of ether oxygens (including phenoxy) is 1. The van der Waals surface area contributed by atoms with Gasteiger partial charge in [-0.1, -0.05) is 28.1 Å². The van der Waals surface area contributed by atoms with Gasteiger partial charge in [0.05, 0.1) is 17.3 Å². The summed E-state index contributed by atoms with van der Waals surface area (Å²) in [5, 5.41) is -0.183. The molecule has 0 spiro atoms. The number of nitrogens with zero attached hydrogens (tertiary/aromatic N) is 1. The number of halogens is 1. The number of hydrogen-bond acceptors (Lipinski definition) is 5. The molecule has 1 saturated heterocycles. The standard InChI is InChI=1S/C23H21BrN2O4S2/c1-2-30-20-11-9-19(10-12-20)26-22(27)15-31-23(26)16-3-7-18(8-4-16)25-32(28,29)21-13-5-17(24)6-14-21/h3-14,23,25H,2,15H2,1H3/t23-/m0/s1. The quantitative estimate of drug-likeness (QED) is 0.439. The van der Waals surface area contributed by atoms with Crippen LogP contribution in [0.5, 0.6) is 5.75 Å². The van der Waals surface area contributed by atoms with Gasteiger partial charge in [0.25, 0.3) is 10.0 Å². The summed E-state index contributed by atoms with van der Waals surface area (Å²) in [6.45, 7) is 2.51. The second-order valence-corrected chi connectivity index (χ2v) is 10.7. The molecule has 0 bridgehead atoms. The number of rotatable bonds is 7. The van der Waals surface area contributed by atoms with Crippen LogP contribution in [0.2, 0.25) is 0 Å². The fourth-order valence-corrected chi connectivity index (χ4v) is 5.86. The largest absolute Gasteiger partial charge is 0.494 e. The zero-order valence-corrected chi connectivity index (χ0v) is 20.4. The van der Waals surface area contributed by atoms with E-state index in [2.05, 4.69) is 20.7 Å². The molecule has 4 rings (SSSR count). The normalized spacial score (nSPS) is 16.2. The molecule has 32 heavy (non-hydrogen) atoms. The maximum Gasteiger partial charge on any atom is 0.261 e. The van der Waals surface area contributed by atoms with Crippen molar-refractivity contribution < 1.29 is 17.9 Å². The summed E-state index contributed by atoms with van der Waals surface area (Å²) < 4.78 is 34.1. The van der Waals surface area contributed by atoms with Crippen molar-refractivity contribution in [3.05, 3.63) is 82.8 Å². The smallest absolute Gasteiger partial charge is 0.261 e. The van der Waals surface area contributed by atoms with Crippen molar-refractivity contribution in [3.8, 4) is 5.75 Å². The van der Waals surface area contributed by atoms with Gasteiger partial charge in [0, 0.05) is 15.8 Å². The first-order valence-electron chi connectivity index (χ1n) is 9.92. The highest BCUT2D eigenvalue weighted by Crippen LogP contribution is 2.42. The van der Waals surface area contributed by atoms with Gasteiger partial charge in [-0.05, 0) is 73.2 Å². The number of carbonyl (C=O) groups excluding carboxylic acids is 1. The van der Waals surface area contributed by atoms with Crippen LogP contribution >= 0.6 is 27.7 Å². The number of sulfonamides is 1. The highest BCUT2D eigenvalue weighted by atomic mass is 79.9. The second kappa shape index (κ2) is 9.56. The van der Waals surface area contributed by atoms with Gasteiger partial charge >= 0.3 is 0 Å². The molecule has 1 N–H and O–H groups in total. The molecule has 0 aliphatic carbocycles. The van der Waals surface area contributed by atoms with Crippen molar-refractivity contribution in [2.45, 2.75) is 17.2 Å². The summed E-state index contributed by atoms with van der Waals surface area (Å²) in [5.74, 6) is 1.18. The fraction of sp³-hybridized carbons (Fsp3) is 0.174. The van der Waals surface area contributed by atoms with E-state index in [4.69, 9.17) is 4.74 Å². The van der Waals surface area contributed by atoms with Crippen molar-refractivity contribution in [1.29, 1.82) is 0 Å². The lowest BCUT2D eigenvalue weighted by atomic mass is 10.1. The predicted molar refractivity (Wildman–Crippen MR) is 132 cm³/mol. The molecule has 1 aliphatic heterocycles. The summed E-state index contributed by atoms with van der Waals surface area (Å²) in [6.07, 6.45) is 0. The third-order valence-corrected chi connectivity index (χ3v) is 8.00. The van der Waals surface area contributed by atoms with Crippen LogP contribution in [0.4, 0.5) is 11.4 Å². The minimum atomic E-state index is -3.69. The molecule has 1 aliphatic rings. The molecule has 3 aromatic carbocycles. The number of thioether (sulfide) groups is 1. The van der Waals surface area contributed by atoms with Crippen LogP contribution in [0.15, 0.2) is 82.2 Å². The van der Waals surface area contributed by atoms with Crippen LogP contribution < -0.4 is 14.4 Å². The highest BCUT2D eigenvalue weighted by molar-refractivity contribution is 9.10. The molecule has 6 nitrogen and oxygen atoms in total. The topological polar surface area (TPSA) is 75.7 Å². The molecule has 0 saturated carbocycles. The Morgan fingerprint density at radius 1 is 1.03 bits per heavy atom. The molecule has 1 atom stereocenters. The number of nitrogens with one attached hydrogen (secondary N) is 1. The molecular weight excluding hydrogens is 512 g/mol. The molecule has 1 fully saturated rings. The van der Waals surface area contributed by atoms with Crippen molar-refractivity contribution >= 4 is 55.0 Å². The third-order valence-electron chi connectivity index (χ3n) is 4.87. The Labute approximate surface area is 200 Å². The van der Waals surface area contributed by atoms with E-state index in [9.17, 15) is 13.2 Å². The van der Waals surface area contributed by atoms with Crippen molar-refractivity contribution in [3.63, 3.8) is 0 Å². The minimum absolute atomic E-state index is 0.0316. The maximum absolute atomic E-state index is 12.6. The fourth-order valence-electron chi connectivity index (χ4n) is 3.36. The molecule has 166 valence electrons. The first-order chi connectivity index (χ1) is 15.4. The van der Waals surface area contributed by atoms with Crippen LogP contribution in [0, 0.1) is 0 Å². The van der Waals surface area contributed by atoms with Crippen LogP contribution in [-0.4, -0.2) is 26.7 Å². The number of benzene rings is 3. The van der Waals surface area contributed by atoms with E-state index in [1.165, 1.54) is 12.1 Å². The Bertz CT molecular complexity index is 1200. The van der Waals surface area contributed by atoms with Crippen LogP contribution in [0.25, 0.3) is 0 Å². The molecule has 9 heteroatoms. The van der Waals surface area contributed by atoms with Gasteiger partial charge in [-0.25, -0.2) is 8.42 Å². The summed E-state index contributed by atoms with van der Waals surface area (Å²) in [6, 6.07) is 21.0. The lowest BCUT2D eigenvalue weighted by Crippen LogP contribution is -2.27. The van der Waals surface area contributed by atoms with Crippen LogP contribution in [0.3, 0.4) is 0 Å². The zero-order valence-electron chi connectivity index (χ0n) is 17.2. The first-order valence-corrected chi connectivity index (χ1v) is 13.2. The molecule has 0 aromatic heterocycles. The number of carbonyl (C=O) groups is 1. The Hall–Kier alpha value is -2.49. The first kappa shape index (κ1) is 22.7. The van der Waals surface area contributed by atoms with E-state index in [1.54, 1.807) is 40.9 Å². The Morgan fingerprint density at radius 2 is 1.69 bits per heavy atom. The number of anilines is 2. The average Bonchev–Trinajstić information content (AvgIpc) is 3.16. The van der Waals surface area contributed by atoms with E-state index in [0.717, 1.165) is 21.5 Å². The SMILES string of the molecule is CCOc1ccc(N2C(=O)CS[C@H]2c2ccc(NS(=O)(=O)c3ccc(Br)cc3)cc2)cc1. The second-order valence-electron chi connectivity index (χ2n) is 7.04. The Balaban J connectivity index is 1.52. The van der Waals surface area contributed by atoms with Gasteiger partial charge in [-0.3, -0.25) is 14.4 Å². The highest BCUT2D eigenvalue weighted by Gasteiger charge is 2.34. The van der Waals surface area contributed by atoms with E-state index in [-0.39, 0.29) is 16.2 Å². The number of amides is 1. The molecule has 1 amide bonds. The molecular formula is C23H21BrN2O4S2. The molecule has 0 radical (unpaired) electrons. The van der Waals surface area contributed by atoms with E-state index in [1.807, 2.05) is 43.3 Å². The lowest BCUT2D eigenvalue weighted by molar-refractivity contribution is -0.115. The lowest BCUT2D eigenvalue weighted by Gasteiger charge is -2.24. The average molecular weight is 533 g/mol. The Kier molecular flexibility index (Phi) is 6.78. The number of hydrogen-bond donors (Lipinski definition) is 1. The van der Waals surface area contributed by atoms with Crippen LogP contribution in [0.1, 0.15) is 17.9 Å². The summed E-state index contributed by atoms with van der Waals surface area (Å²) in [7, 11) is -3.69. The minimum Gasteiger partial charge on any atom is -0.494 e. The summed E-state index contributed by atoms with van der Waals surface area (Å²) in [4.78, 5) is 14.5. The van der Waals surface area contributed by atoms with Gasteiger partial charge in [0.1, 0.15) is 11.1 Å². The summed E-state index contributed by atoms with van der Waals surface area (Å²) in [5.41, 5.74) is 2.17. The molecule has 3 aromatic rings. The van der Waals surface area contributed by atoms with Gasteiger partial charge in [-0.15, -0.1) is 11.8 Å². The van der Waals surface area contributed by atoms with Gasteiger partial charge in [-0.2, -0.15) is 0 Å².